The Balaban J connectivity index is 1.11. The summed E-state index contributed by atoms with van der Waals surface area (Å²) in [7, 11) is 2.13. The highest BCUT2D eigenvalue weighted by molar-refractivity contribution is 5.76. The zero-order valence-corrected chi connectivity index (χ0v) is 16.9. The van der Waals surface area contributed by atoms with E-state index in [1.54, 1.807) is 5.57 Å². The lowest BCUT2D eigenvalue weighted by molar-refractivity contribution is -0.133. The van der Waals surface area contributed by atoms with Crippen molar-refractivity contribution >= 4 is 5.91 Å². The van der Waals surface area contributed by atoms with Gasteiger partial charge in [0.15, 0.2) is 0 Å². The fourth-order valence-corrected chi connectivity index (χ4v) is 4.75. The molecular formula is C22H36N4O. The molecule has 1 amide bonds. The molecule has 2 aliphatic heterocycles. The van der Waals surface area contributed by atoms with Gasteiger partial charge in [0.1, 0.15) is 0 Å². The number of carbonyl (C=O) groups is 1. The van der Waals surface area contributed by atoms with E-state index >= 15 is 0 Å². The number of rotatable bonds is 6. The van der Waals surface area contributed by atoms with Gasteiger partial charge < -0.3 is 20.0 Å². The van der Waals surface area contributed by atoms with Gasteiger partial charge in [-0.1, -0.05) is 18.2 Å². The minimum atomic E-state index is 0.345. The molecule has 2 aliphatic carbocycles. The molecule has 3 fully saturated rings. The Morgan fingerprint density at radius 1 is 1.11 bits per heavy atom. The third-order valence-corrected chi connectivity index (χ3v) is 6.78. The van der Waals surface area contributed by atoms with E-state index in [0.29, 0.717) is 24.4 Å². The molecule has 0 unspecified atom stereocenters. The molecule has 0 aromatic heterocycles. The second-order valence-electron chi connectivity index (χ2n) is 8.85. The molecule has 5 nitrogen and oxygen atoms in total. The summed E-state index contributed by atoms with van der Waals surface area (Å²) in [6, 6.07) is 1.37. The standard InChI is InChI=1S/C22H36N4O/c1-24-13-15-26(16-14-24)22(27)9-12-25-10-7-19(8-11-25)23-21-17-20(21)18-5-3-2-4-6-18/h3,5-6,19-21,23H,2,4,7-17H2,1H3/t20-,21+/m0/s1. The first-order valence-corrected chi connectivity index (χ1v) is 11.0. The first-order valence-electron chi connectivity index (χ1n) is 11.0. The highest BCUT2D eigenvalue weighted by Gasteiger charge is 2.40. The Bertz CT molecular complexity index is 571. The molecule has 2 saturated heterocycles. The Kier molecular flexibility index (Phi) is 6.31. The van der Waals surface area contributed by atoms with E-state index in [2.05, 4.69) is 45.3 Å². The lowest BCUT2D eigenvalue weighted by Crippen LogP contribution is -2.48. The maximum absolute atomic E-state index is 12.4. The van der Waals surface area contributed by atoms with Crippen molar-refractivity contribution in [2.75, 3.05) is 52.9 Å². The van der Waals surface area contributed by atoms with Gasteiger partial charge in [0, 0.05) is 57.1 Å². The number of likely N-dealkylation sites (N-methyl/N-ethyl adjacent to an activating group) is 1. The summed E-state index contributed by atoms with van der Waals surface area (Å²) >= 11 is 0. The number of hydrogen-bond donors (Lipinski definition) is 1. The van der Waals surface area contributed by atoms with Crippen LogP contribution in [0.25, 0.3) is 0 Å². The van der Waals surface area contributed by atoms with Crippen molar-refractivity contribution in [1.82, 2.24) is 20.0 Å². The number of likely N-dealkylation sites (tertiary alicyclic amines) is 1. The highest BCUT2D eigenvalue weighted by Crippen LogP contribution is 2.40. The number of hydrogen-bond acceptors (Lipinski definition) is 4. The molecule has 150 valence electrons. The molecule has 0 aromatic rings. The summed E-state index contributed by atoms with van der Waals surface area (Å²) in [5.41, 5.74) is 1.57. The summed E-state index contributed by atoms with van der Waals surface area (Å²) in [4.78, 5) is 19.2. The monoisotopic (exact) mass is 372 g/mol. The third kappa shape index (κ3) is 5.21. The van der Waals surface area contributed by atoms with Crippen LogP contribution in [0.5, 0.6) is 0 Å². The molecule has 4 aliphatic rings. The second-order valence-corrected chi connectivity index (χ2v) is 8.85. The number of piperazine rings is 1. The first-order chi connectivity index (χ1) is 13.2. The molecule has 0 spiro atoms. The minimum absolute atomic E-state index is 0.345. The zero-order chi connectivity index (χ0) is 18.6. The average Bonchev–Trinajstić information content (AvgIpc) is 3.47. The Hall–Kier alpha value is -1.17. The van der Waals surface area contributed by atoms with Gasteiger partial charge in [0.25, 0.3) is 0 Å². The predicted octanol–water partition coefficient (Wildman–Crippen LogP) is 1.87. The molecule has 27 heavy (non-hydrogen) atoms. The fourth-order valence-electron chi connectivity index (χ4n) is 4.75. The van der Waals surface area contributed by atoms with Crippen LogP contribution in [0.1, 0.15) is 38.5 Å². The van der Waals surface area contributed by atoms with Gasteiger partial charge in [-0.05, 0) is 57.8 Å². The highest BCUT2D eigenvalue weighted by atomic mass is 16.2. The van der Waals surface area contributed by atoms with Gasteiger partial charge >= 0.3 is 0 Å². The van der Waals surface area contributed by atoms with E-state index in [1.165, 1.54) is 32.1 Å². The van der Waals surface area contributed by atoms with E-state index in [4.69, 9.17) is 0 Å². The second kappa shape index (κ2) is 8.89. The molecule has 0 aromatic carbocycles. The molecule has 2 atom stereocenters. The van der Waals surface area contributed by atoms with Crippen LogP contribution in [0.2, 0.25) is 0 Å². The quantitative estimate of drug-likeness (QED) is 0.773. The van der Waals surface area contributed by atoms with Crippen molar-refractivity contribution in [3.8, 4) is 0 Å². The zero-order valence-electron chi connectivity index (χ0n) is 16.9. The Morgan fingerprint density at radius 3 is 2.59 bits per heavy atom. The largest absolute Gasteiger partial charge is 0.340 e. The summed E-state index contributed by atoms with van der Waals surface area (Å²) in [5, 5.41) is 3.90. The minimum Gasteiger partial charge on any atom is -0.340 e. The number of piperidine rings is 1. The fraction of sp³-hybridized carbons (Fsp3) is 0.773. The normalized spacial score (nSPS) is 30.4. The van der Waals surface area contributed by atoms with Crippen molar-refractivity contribution in [2.45, 2.75) is 50.6 Å². The van der Waals surface area contributed by atoms with Crippen molar-refractivity contribution < 1.29 is 4.79 Å². The molecule has 1 N–H and O–H groups in total. The van der Waals surface area contributed by atoms with Crippen molar-refractivity contribution in [3.05, 3.63) is 23.8 Å². The average molecular weight is 373 g/mol. The molecule has 5 heteroatoms. The third-order valence-electron chi connectivity index (χ3n) is 6.78. The molecule has 1 saturated carbocycles. The number of amides is 1. The van der Waals surface area contributed by atoms with Gasteiger partial charge in [-0.3, -0.25) is 4.79 Å². The van der Waals surface area contributed by atoms with Crippen LogP contribution >= 0.6 is 0 Å². The number of allylic oxidation sites excluding steroid dienone is 3. The molecule has 0 bridgehead atoms. The van der Waals surface area contributed by atoms with Gasteiger partial charge in [-0.2, -0.15) is 0 Å². The topological polar surface area (TPSA) is 38.8 Å². The van der Waals surface area contributed by atoms with Crippen LogP contribution in [0.15, 0.2) is 23.8 Å². The van der Waals surface area contributed by atoms with Gasteiger partial charge in [-0.25, -0.2) is 0 Å². The molecule has 2 heterocycles. The summed E-state index contributed by atoms with van der Waals surface area (Å²) < 4.78 is 0. The van der Waals surface area contributed by atoms with E-state index in [0.717, 1.165) is 51.7 Å². The summed E-state index contributed by atoms with van der Waals surface area (Å²) in [5.74, 6) is 1.11. The van der Waals surface area contributed by atoms with E-state index in [9.17, 15) is 4.79 Å². The lowest BCUT2D eigenvalue weighted by Gasteiger charge is -2.35. The smallest absolute Gasteiger partial charge is 0.223 e. The van der Waals surface area contributed by atoms with Crippen LogP contribution in [0.4, 0.5) is 0 Å². The van der Waals surface area contributed by atoms with Crippen LogP contribution in [-0.2, 0) is 4.79 Å². The first kappa shape index (κ1) is 19.2. The number of carbonyl (C=O) groups excluding carboxylic acids is 1. The predicted molar refractivity (Wildman–Crippen MR) is 110 cm³/mol. The van der Waals surface area contributed by atoms with Crippen LogP contribution in [0, 0.1) is 5.92 Å². The van der Waals surface area contributed by atoms with Gasteiger partial charge in [0.2, 0.25) is 5.91 Å². The Labute approximate surface area is 164 Å². The SMILES string of the molecule is CN1CCN(C(=O)CCN2CCC(N[C@@H]3C[C@H]3C3=CCCC=C3)CC2)CC1. The van der Waals surface area contributed by atoms with Gasteiger partial charge in [0.05, 0.1) is 0 Å². The molecule has 0 radical (unpaired) electrons. The summed E-state index contributed by atoms with van der Waals surface area (Å²) in [6.07, 6.45) is 14.0. The maximum Gasteiger partial charge on any atom is 0.223 e. The van der Waals surface area contributed by atoms with Crippen LogP contribution in [0.3, 0.4) is 0 Å². The molecular weight excluding hydrogens is 336 g/mol. The molecule has 4 rings (SSSR count). The van der Waals surface area contributed by atoms with Crippen molar-refractivity contribution in [2.24, 2.45) is 5.92 Å². The van der Waals surface area contributed by atoms with Crippen LogP contribution in [-0.4, -0.2) is 85.6 Å². The summed E-state index contributed by atoms with van der Waals surface area (Å²) in [6.45, 7) is 7.02. The van der Waals surface area contributed by atoms with Crippen molar-refractivity contribution in [3.63, 3.8) is 0 Å². The number of nitrogens with one attached hydrogen (secondary N) is 1. The van der Waals surface area contributed by atoms with Gasteiger partial charge in [-0.15, -0.1) is 0 Å². The number of nitrogens with zero attached hydrogens (tertiary/aromatic N) is 3. The van der Waals surface area contributed by atoms with E-state index in [1.807, 2.05) is 0 Å². The van der Waals surface area contributed by atoms with Crippen molar-refractivity contribution in [1.29, 1.82) is 0 Å². The van der Waals surface area contributed by atoms with E-state index < -0.39 is 0 Å². The Morgan fingerprint density at radius 2 is 1.89 bits per heavy atom. The van der Waals surface area contributed by atoms with Crippen LogP contribution < -0.4 is 5.32 Å². The van der Waals surface area contributed by atoms with E-state index in [-0.39, 0.29) is 0 Å². The maximum atomic E-state index is 12.4. The lowest BCUT2D eigenvalue weighted by atomic mass is 10.0.